The van der Waals surface area contributed by atoms with Crippen molar-refractivity contribution in [2.75, 3.05) is 0 Å². The summed E-state index contributed by atoms with van der Waals surface area (Å²) in [5.41, 5.74) is 0. The van der Waals surface area contributed by atoms with Gasteiger partial charge in [0.15, 0.2) is 0 Å². The fourth-order valence-electron chi connectivity index (χ4n) is 2.40. The Morgan fingerprint density at radius 3 is 1.93 bits per heavy atom. The summed E-state index contributed by atoms with van der Waals surface area (Å²) in [4.78, 5) is 0. The van der Waals surface area contributed by atoms with Crippen molar-refractivity contribution in [1.82, 2.24) is 0 Å². The lowest BCUT2D eigenvalue weighted by molar-refractivity contribution is 0.442. The number of rotatable bonds is 10. The monoisotopic (exact) mass is 228 g/mol. The zero-order chi connectivity index (χ0) is 11.5. The van der Waals surface area contributed by atoms with Gasteiger partial charge in [0.25, 0.3) is 0 Å². The van der Waals surface area contributed by atoms with Gasteiger partial charge in [-0.15, -0.1) is 0 Å². The van der Waals surface area contributed by atoms with Crippen LogP contribution in [0.15, 0.2) is 0 Å². The minimum Gasteiger partial charge on any atom is -0.0722 e. The summed E-state index contributed by atoms with van der Waals surface area (Å²) >= 11 is 0. The minimum absolute atomic E-state index is 0.330. The summed E-state index contributed by atoms with van der Waals surface area (Å²) in [7, 11) is -0.330. The van der Waals surface area contributed by atoms with E-state index in [-0.39, 0.29) is 8.80 Å². The lowest BCUT2D eigenvalue weighted by atomic mass is 9.97. The third kappa shape index (κ3) is 10.5. The maximum Gasteiger partial charge on any atom is 0.0308 e. The zero-order valence-corrected chi connectivity index (χ0v) is 12.7. The van der Waals surface area contributed by atoms with Crippen LogP contribution in [-0.4, -0.2) is 8.80 Å². The van der Waals surface area contributed by atoms with Crippen LogP contribution in [0.3, 0.4) is 0 Å². The van der Waals surface area contributed by atoms with Gasteiger partial charge in [0.2, 0.25) is 0 Å². The van der Waals surface area contributed by atoms with Crippen molar-refractivity contribution in [1.29, 1.82) is 0 Å². The second-order valence-electron chi connectivity index (χ2n) is 5.49. The molecule has 0 aliphatic heterocycles. The van der Waals surface area contributed by atoms with Crippen LogP contribution in [0.2, 0.25) is 19.1 Å². The normalized spacial score (nSPS) is 13.4. The molecule has 0 rings (SSSR count). The quantitative estimate of drug-likeness (QED) is 0.354. The molecule has 0 aromatic heterocycles. The van der Waals surface area contributed by atoms with Crippen molar-refractivity contribution in [2.24, 2.45) is 5.92 Å². The van der Waals surface area contributed by atoms with E-state index in [1.54, 1.807) is 6.04 Å². The third-order valence-corrected chi connectivity index (χ3v) is 4.85. The Morgan fingerprint density at radius 2 is 1.40 bits per heavy atom. The van der Waals surface area contributed by atoms with Crippen LogP contribution in [0.5, 0.6) is 0 Å². The van der Waals surface area contributed by atoms with Gasteiger partial charge >= 0.3 is 0 Å². The Bertz CT molecular complexity index is 121. The molecule has 0 saturated heterocycles. The maximum atomic E-state index is 2.50. The van der Waals surface area contributed by atoms with Gasteiger partial charge in [0.1, 0.15) is 0 Å². The molecule has 0 fully saturated rings. The van der Waals surface area contributed by atoms with E-state index in [2.05, 4.69) is 26.9 Å². The molecular formula is C14H32Si. The smallest absolute Gasteiger partial charge is 0.0308 e. The molecule has 1 heteroatoms. The van der Waals surface area contributed by atoms with Crippen LogP contribution in [0.4, 0.5) is 0 Å². The van der Waals surface area contributed by atoms with E-state index in [1.807, 2.05) is 0 Å². The highest BCUT2D eigenvalue weighted by Crippen LogP contribution is 2.22. The van der Waals surface area contributed by atoms with Crippen LogP contribution < -0.4 is 0 Å². The van der Waals surface area contributed by atoms with E-state index in [0.29, 0.717) is 0 Å². The summed E-state index contributed by atoms with van der Waals surface area (Å²) in [5.74, 6) is 1.08. The number of hydrogen-bond donors (Lipinski definition) is 0. The van der Waals surface area contributed by atoms with Crippen LogP contribution in [0.25, 0.3) is 0 Å². The van der Waals surface area contributed by atoms with Crippen molar-refractivity contribution in [2.45, 2.75) is 84.4 Å². The van der Waals surface area contributed by atoms with Gasteiger partial charge in [-0.05, 0) is 5.92 Å². The van der Waals surface area contributed by atoms with Gasteiger partial charge in [-0.3, -0.25) is 0 Å². The van der Waals surface area contributed by atoms with Crippen LogP contribution in [0, 0.1) is 5.92 Å². The van der Waals surface area contributed by atoms with Crippen molar-refractivity contribution >= 4 is 8.80 Å². The molecular weight excluding hydrogens is 196 g/mol. The summed E-state index contributed by atoms with van der Waals surface area (Å²) < 4.78 is 0. The second kappa shape index (κ2) is 10.7. The zero-order valence-electron chi connectivity index (χ0n) is 11.5. The van der Waals surface area contributed by atoms with Gasteiger partial charge in [0, 0.05) is 8.80 Å². The number of unbranched alkanes of at least 4 members (excludes halogenated alkanes) is 4. The molecule has 0 N–H and O–H groups in total. The molecule has 0 saturated carbocycles. The lowest BCUT2D eigenvalue weighted by Crippen LogP contribution is -2.10. The van der Waals surface area contributed by atoms with E-state index >= 15 is 0 Å². The highest BCUT2D eigenvalue weighted by Gasteiger charge is 2.10. The maximum absolute atomic E-state index is 2.50. The Hall–Kier alpha value is 0.217. The molecule has 0 aliphatic rings. The van der Waals surface area contributed by atoms with E-state index < -0.39 is 0 Å². The van der Waals surface area contributed by atoms with Crippen LogP contribution in [0.1, 0.15) is 65.2 Å². The largest absolute Gasteiger partial charge is 0.0722 e. The molecule has 0 aromatic carbocycles. The molecule has 0 aliphatic carbocycles. The molecule has 0 nitrogen and oxygen atoms in total. The van der Waals surface area contributed by atoms with Crippen molar-refractivity contribution in [3.05, 3.63) is 0 Å². The van der Waals surface area contributed by atoms with E-state index in [4.69, 9.17) is 0 Å². The molecule has 0 spiro atoms. The highest BCUT2D eigenvalue weighted by atomic mass is 28.3. The third-order valence-electron chi connectivity index (χ3n) is 3.24. The molecule has 0 heterocycles. The first-order valence-electron chi connectivity index (χ1n) is 7.20. The molecule has 0 amide bonds. The van der Waals surface area contributed by atoms with Crippen molar-refractivity contribution in [3.8, 4) is 0 Å². The molecule has 92 valence electrons. The van der Waals surface area contributed by atoms with Gasteiger partial charge in [-0.1, -0.05) is 84.4 Å². The first-order chi connectivity index (χ1) is 7.20. The van der Waals surface area contributed by atoms with E-state index in [1.165, 1.54) is 51.4 Å². The van der Waals surface area contributed by atoms with Gasteiger partial charge < -0.3 is 0 Å². The Morgan fingerprint density at radius 1 is 0.800 bits per heavy atom. The van der Waals surface area contributed by atoms with Crippen LogP contribution in [-0.2, 0) is 0 Å². The second-order valence-corrected chi connectivity index (χ2v) is 8.75. The molecule has 0 bridgehead atoms. The standard InChI is InChI=1S/C14H32Si/c1-5-7-9-10-12-14(11-8-6-2)13-15(3)4/h14-15H,5-13H2,1-4H3. The summed E-state index contributed by atoms with van der Waals surface area (Å²) in [6, 6.07) is 1.59. The molecule has 1 unspecified atom stereocenters. The van der Waals surface area contributed by atoms with Crippen molar-refractivity contribution < 1.29 is 0 Å². The Labute approximate surface area is 99.5 Å². The first kappa shape index (κ1) is 15.2. The fourth-order valence-corrected chi connectivity index (χ4v) is 4.20. The topological polar surface area (TPSA) is 0 Å². The first-order valence-corrected chi connectivity index (χ1v) is 10.3. The predicted octanol–water partition coefficient (Wildman–Crippen LogP) is 5.25. The predicted molar refractivity (Wildman–Crippen MR) is 75.5 cm³/mol. The summed E-state index contributed by atoms with van der Waals surface area (Å²) in [6.07, 6.45) is 11.6. The summed E-state index contributed by atoms with van der Waals surface area (Å²) in [5, 5.41) is 0. The fraction of sp³-hybridized carbons (Fsp3) is 1.00. The average molecular weight is 228 g/mol. The van der Waals surface area contributed by atoms with Crippen molar-refractivity contribution in [3.63, 3.8) is 0 Å². The SMILES string of the molecule is CCCCCCC(CCCC)C[SiH](C)C. The molecule has 0 aromatic rings. The Balaban J connectivity index is 3.59. The van der Waals surface area contributed by atoms with Gasteiger partial charge in [-0.2, -0.15) is 0 Å². The minimum atomic E-state index is -0.330. The number of hydrogen-bond acceptors (Lipinski definition) is 0. The van der Waals surface area contributed by atoms with Crippen LogP contribution >= 0.6 is 0 Å². The highest BCUT2D eigenvalue weighted by molar-refractivity contribution is 6.55. The molecule has 1 atom stereocenters. The average Bonchev–Trinajstić information content (AvgIpc) is 2.19. The summed E-state index contributed by atoms with van der Waals surface area (Å²) in [6.45, 7) is 9.63. The lowest BCUT2D eigenvalue weighted by Gasteiger charge is -2.18. The van der Waals surface area contributed by atoms with Gasteiger partial charge in [0.05, 0.1) is 0 Å². The van der Waals surface area contributed by atoms with E-state index in [9.17, 15) is 0 Å². The van der Waals surface area contributed by atoms with Gasteiger partial charge in [-0.25, -0.2) is 0 Å². The molecule has 0 radical (unpaired) electrons. The van der Waals surface area contributed by atoms with E-state index in [0.717, 1.165) is 5.92 Å². The molecule has 15 heavy (non-hydrogen) atoms. The Kier molecular flexibility index (Phi) is 10.9.